The van der Waals surface area contributed by atoms with Gasteiger partial charge < -0.3 is 15.2 Å². The Morgan fingerprint density at radius 2 is 1.76 bits per heavy atom. The van der Waals surface area contributed by atoms with E-state index in [-0.39, 0.29) is 16.8 Å². The predicted octanol–water partition coefficient (Wildman–Crippen LogP) is 7.03. The van der Waals surface area contributed by atoms with Crippen molar-refractivity contribution in [1.29, 1.82) is 0 Å². The highest BCUT2D eigenvalue weighted by atomic mass is 32.1. The third-order valence-electron chi connectivity index (χ3n) is 6.26. The molecule has 0 spiro atoms. The monoisotopic (exact) mass is 531 g/mol. The summed E-state index contributed by atoms with van der Waals surface area (Å²) in [6.07, 6.45) is 5.12. The second-order valence-corrected chi connectivity index (χ2v) is 10.2. The molecule has 0 unspecified atom stereocenters. The fourth-order valence-electron chi connectivity index (χ4n) is 4.04. The van der Waals surface area contributed by atoms with Crippen molar-refractivity contribution in [1.82, 2.24) is 4.98 Å². The number of hydrogen-bond donors (Lipinski definition) is 3. The van der Waals surface area contributed by atoms with E-state index in [0.29, 0.717) is 23.6 Å². The topological polar surface area (TPSA) is 94.7 Å². The number of ether oxygens (including phenoxy) is 1. The van der Waals surface area contributed by atoms with Crippen LogP contribution in [0, 0.1) is 0 Å². The third-order valence-corrected chi connectivity index (χ3v) is 7.13. The lowest BCUT2D eigenvalue weighted by Crippen LogP contribution is -2.31. The molecule has 0 bridgehead atoms. The number of carbonyl (C=O) groups excluding carboxylic acids is 1. The van der Waals surface area contributed by atoms with E-state index in [0.717, 1.165) is 45.9 Å². The summed E-state index contributed by atoms with van der Waals surface area (Å²) < 4.78 is 5.78. The van der Waals surface area contributed by atoms with Crippen LogP contribution in [0.4, 0.5) is 16.2 Å². The van der Waals surface area contributed by atoms with Gasteiger partial charge in [-0.05, 0) is 59.5 Å². The molecule has 1 heterocycles. The highest BCUT2D eigenvalue weighted by Crippen LogP contribution is 2.27. The molecule has 0 fully saturated rings. The van der Waals surface area contributed by atoms with Crippen LogP contribution in [0.3, 0.4) is 0 Å². The highest BCUT2D eigenvalue weighted by Gasteiger charge is 2.13. The number of nitrogens with one attached hydrogen (secondary N) is 2. The number of H-pyrrole nitrogens is 1. The third kappa shape index (κ3) is 7.26. The van der Waals surface area contributed by atoms with Crippen molar-refractivity contribution in [2.24, 2.45) is 0 Å². The molecule has 0 saturated heterocycles. The average molecular weight is 532 g/mol. The maximum Gasteiger partial charge on any atom is 0.326 e. The summed E-state index contributed by atoms with van der Waals surface area (Å²) in [5.74, 6) is 0.729. The summed E-state index contributed by atoms with van der Waals surface area (Å²) in [4.78, 5) is 28.6. The minimum atomic E-state index is -0.265. The van der Waals surface area contributed by atoms with Crippen LogP contribution in [0.15, 0.2) is 77.6 Å². The molecule has 1 aromatic heterocycles. The van der Waals surface area contributed by atoms with Gasteiger partial charge in [-0.2, -0.15) is 0 Å². The van der Waals surface area contributed by atoms with Crippen molar-refractivity contribution in [2.45, 2.75) is 39.0 Å². The first kappa shape index (κ1) is 27.0. The van der Waals surface area contributed by atoms with Gasteiger partial charge in [0.1, 0.15) is 5.75 Å². The number of urea groups is 1. The van der Waals surface area contributed by atoms with Crippen LogP contribution in [0.2, 0.25) is 0 Å². The smallest absolute Gasteiger partial charge is 0.326 e. The fraction of sp³-hybridized carbons (Fsp3) is 0.267. The molecule has 0 aliphatic rings. The van der Waals surface area contributed by atoms with Gasteiger partial charge in [0.2, 0.25) is 5.88 Å². The Labute approximate surface area is 226 Å². The standard InChI is InChI=1S/C30H33N3O4S/c1-3-4-5-6-18-37-26-16-14-24(15-17-26)31-29(35)33(2)25-9-7-8-23(20-25)22-12-10-21(11-13-22)19-27-28(34)32-30(36)38-27/h7-17,20,34H,3-6,18-19H2,1-2H3,(H,31,35)(H,32,36). The first-order valence-corrected chi connectivity index (χ1v) is 13.6. The van der Waals surface area contributed by atoms with Crippen molar-refractivity contribution in [3.63, 3.8) is 0 Å². The molecule has 7 nitrogen and oxygen atoms in total. The van der Waals surface area contributed by atoms with Gasteiger partial charge in [0.15, 0.2) is 0 Å². The lowest BCUT2D eigenvalue weighted by molar-refractivity contribution is 0.258. The van der Waals surface area contributed by atoms with Crippen LogP contribution >= 0.6 is 11.3 Å². The van der Waals surface area contributed by atoms with E-state index >= 15 is 0 Å². The molecule has 0 aliphatic heterocycles. The van der Waals surface area contributed by atoms with Crippen molar-refractivity contribution in [3.8, 4) is 22.8 Å². The number of aromatic amines is 1. The number of benzene rings is 3. The van der Waals surface area contributed by atoms with Crippen LogP contribution in [-0.2, 0) is 6.42 Å². The number of aromatic nitrogens is 1. The zero-order valence-corrected chi connectivity index (χ0v) is 22.5. The minimum Gasteiger partial charge on any atom is -0.494 e. The fourth-order valence-corrected chi connectivity index (χ4v) is 4.80. The molecule has 4 aromatic rings. The number of unbranched alkanes of at least 4 members (excludes halogenated alkanes) is 3. The summed E-state index contributed by atoms with van der Waals surface area (Å²) in [6.45, 7) is 2.89. The normalized spacial score (nSPS) is 10.8. The number of aromatic hydroxyl groups is 1. The van der Waals surface area contributed by atoms with Crippen LogP contribution in [0.5, 0.6) is 11.6 Å². The van der Waals surface area contributed by atoms with Crippen molar-refractivity contribution in [2.75, 3.05) is 23.9 Å². The molecule has 0 radical (unpaired) electrons. The SMILES string of the molecule is CCCCCCOc1ccc(NC(=O)N(C)c2cccc(-c3ccc(Cc4sc(=O)[nH]c4O)cc3)c2)cc1. The number of carbonyl (C=O) groups is 1. The average Bonchev–Trinajstić information content (AvgIpc) is 3.25. The van der Waals surface area contributed by atoms with Crippen molar-refractivity contribution >= 4 is 28.7 Å². The van der Waals surface area contributed by atoms with E-state index in [4.69, 9.17) is 4.74 Å². The summed E-state index contributed by atoms with van der Waals surface area (Å²) >= 11 is 1.01. The largest absolute Gasteiger partial charge is 0.494 e. The van der Waals surface area contributed by atoms with Gasteiger partial charge in [0.05, 0.1) is 11.5 Å². The molecule has 0 saturated carbocycles. The van der Waals surface area contributed by atoms with E-state index in [1.165, 1.54) is 19.3 Å². The molecule has 3 N–H and O–H groups in total. The highest BCUT2D eigenvalue weighted by molar-refractivity contribution is 7.09. The lowest BCUT2D eigenvalue weighted by atomic mass is 10.0. The predicted molar refractivity (Wildman–Crippen MR) is 155 cm³/mol. The molecule has 4 rings (SSSR count). The molecule has 8 heteroatoms. The van der Waals surface area contributed by atoms with Gasteiger partial charge >= 0.3 is 10.9 Å². The number of amides is 2. The molecule has 2 amide bonds. The summed E-state index contributed by atoms with van der Waals surface area (Å²) in [5.41, 5.74) is 4.42. The maximum absolute atomic E-state index is 12.9. The first-order chi connectivity index (χ1) is 18.4. The summed E-state index contributed by atoms with van der Waals surface area (Å²) in [5, 5.41) is 12.8. The quantitative estimate of drug-likeness (QED) is 0.181. The van der Waals surface area contributed by atoms with Gasteiger partial charge in [-0.15, -0.1) is 0 Å². The summed E-state index contributed by atoms with van der Waals surface area (Å²) in [7, 11) is 1.74. The number of nitrogens with zero attached hydrogens (tertiary/aromatic N) is 1. The van der Waals surface area contributed by atoms with Gasteiger partial charge in [-0.3, -0.25) is 14.7 Å². The Kier molecular flexibility index (Phi) is 9.21. The van der Waals surface area contributed by atoms with E-state index in [9.17, 15) is 14.7 Å². The Morgan fingerprint density at radius 1 is 1.00 bits per heavy atom. The van der Waals surface area contributed by atoms with Crippen LogP contribution < -0.4 is 19.8 Å². The Bertz CT molecular complexity index is 1390. The second-order valence-electron chi connectivity index (χ2n) is 9.13. The number of thiazole rings is 1. The van der Waals surface area contributed by atoms with Gasteiger partial charge in [-0.1, -0.05) is 73.9 Å². The van der Waals surface area contributed by atoms with E-state index in [1.54, 1.807) is 11.9 Å². The first-order valence-electron chi connectivity index (χ1n) is 12.8. The Hall–Kier alpha value is -4.04. The molecule has 38 heavy (non-hydrogen) atoms. The van der Waals surface area contributed by atoms with E-state index < -0.39 is 0 Å². The van der Waals surface area contributed by atoms with Gasteiger partial charge in [-0.25, -0.2) is 4.79 Å². The van der Waals surface area contributed by atoms with Gasteiger partial charge in [0.25, 0.3) is 0 Å². The minimum absolute atomic E-state index is 0.0693. The van der Waals surface area contributed by atoms with Crippen LogP contribution in [0.1, 0.15) is 43.0 Å². The van der Waals surface area contributed by atoms with Gasteiger partial charge in [0, 0.05) is 24.8 Å². The number of hydrogen-bond acceptors (Lipinski definition) is 5. The Balaban J connectivity index is 1.35. The van der Waals surface area contributed by atoms with Crippen molar-refractivity contribution < 1.29 is 14.6 Å². The lowest BCUT2D eigenvalue weighted by Gasteiger charge is -2.19. The van der Waals surface area contributed by atoms with Crippen LogP contribution in [-0.4, -0.2) is 29.8 Å². The molecule has 0 aliphatic carbocycles. The zero-order valence-electron chi connectivity index (χ0n) is 21.7. The molecular weight excluding hydrogens is 498 g/mol. The number of anilines is 2. The second kappa shape index (κ2) is 13.0. The number of rotatable bonds is 11. The molecule has 3 aromatic carbocycles. The Morgan fingerprint density at radius 3 is 2.45 bits per heavy atom. The van der Waals surface area contributed by atoms with E-state index in [1.807, 2.05) is 72.8 Å². The summed E-state index contributed by atoms with van der Waals surface area (Å²) in [6, 6.07) is 22.9. The molecule has 0 atom stereocenters. The maximum atomic E-state index is 12.9. The van der Waals surface area contributed by atoms with Crippen LogP contribution in [0.25, 0.3) is 11.1 Å². The van der Waals surface area contributed by atoms with Crippen molar-refractivity contribution in [3.05, 3.63) is 92.9 Å². The zero-order chi connectivity index (χ0) is 26.9. The van der Waals surface area contributed by atoms with E-state index in [2.05, 4.69) is 17.2 Å². The molecular formula is C30H33N3O4S. The molecule has 198 valence electrons.